The Hall–Kier alpha value is -2.93. The number of nitrogens with one attached hydrogen (secondary N) is 3. The summed E-state index contributed by atoms with van der Waals surface area (Å²) in [5, 5.41) is 33.8. The Kier molecular flexibility index (Phi) is 4.90. The van der Waals surface area contributed by atoms with Gasteiger partial charge in [0.25, 0.3) is 0 Å². The smallest absolute Gasteiger partial charge is 0.371 e. The summed E-state index contributed by atoms with van der Waals surface area (Å²) in [6, 6.07) is 9.53. The maximum atomic E-state index is 11.4. The molecule has 30 heavy (non-hydrogen) atoms. The van der Waals surface area contributed by atoms with Crippen molar-refractivity contribution in [3.63, 3.8) is 0 Å². The van der Waals surface area contributed by atoms with Crippen LogP contribution >= 0.6 is 23.7 Å². The van der Waals surface area contributed by atoms with E-state index in [9.17, 15) is 9.90 Å². The van der Waals surface area contributed by atoms with Crippen molar-refractivity contribution in [2.45, 2.75) is 15.0 Å². The highest BCUT2D eigenvalue weighted by Gasteiger charge is 2.25. The van der Waals surface area contributed by atoms with Gasteiger partial charge in [0, 0.05) is 39.3 Å². The number of aromatic amines is 2. The van der Waals surface area contributed by atoms with E-state index >= 15 is 0 Å². The van der Waals surface area contributed by atoms with Crippen LogP contribution in [-0.4, -0.2) is 60.0 Å². The first-order valence-electron chi connectivity index (χ1n) is 9.03. The van der Waals surface area contributed by atoms with Crippen LogP contribution < -0.4 is 10.5 Å². The van der Waals surface area contributed by atoms with E-state index in [2.05, 4.69) is 35.9 Å². The molecule has 152 valence electrons. The number of hydrogen-bond acceptors (Lipinski definition) is 9. The number of thioether (sulfide) groups is 1. The lowest BCUT2D eigenvalue weighted by Gasteiger charge is -2.27. The first-order chi connectivity index (χ1) is 14.7. The first kappa shape index (κ1) is 19.1. The summed E-state index contributed by atoms with van der Waals surface area (Å²) in [5.74, 6) is -0.815. The number of carboxylic acid groups (broad SMARTS) is 1. The second-order valence-electron chi connectivity index (χ2n) is 6.66. The third kappa shape index (κ3) is 3.23. The predicted molar refractivity (Wildman–Crippen MR) is 114 cm³/mol. The van der Waals surface area contributed by atoms with Crippen molar-refractivity contribution in [1.82, 2.24) is 35.9 Å². The van der Waals surface area contributed by atoms with E-state index in [0.29, 0.717) is 22.1 Å². The lowest BCUT2D eigenvalue weighted by molar-refractivity contribution is 0.0685. The molecule has 0 unspecified atom stereocenters. The highest BCUT2D eigenvalue weighted by molar-refractivity contribution is 8.02. The molecule has 0 atom stereocenters. The Morgan fingerprint density at radius 2 is 2.07 bits per heavy atom. The van der Waals surface area contributed by atoms with Crippen molar-refractivity contribution < 1.29 is 9.90 Å². The molecule has 10 nitrogen and oxygen atoms in total. The van der Waals surface area contributed by atoms with Crippen LogP contribution in [0.4, 0.5) is 0 Å². The maximum absolute atomic E-state index is 11.4. The molecule has 5 rings (SSSR count). The maximum Gasteiger partial charge on any atom is 0.371 e. The molecule has 3 heterocycles. The van der Waals surface area contributed by atoms with Crippen LogP contribution in [0.25, 0.3) is 33.5 Å². The molecule has 4 aromatic rings. The molecule has 12 heteroatoms. The van der Waals surface area contributed by atoms with Crippen LogP contribution in [0.1, 0.15) is 10.6 Å². The van der Waals surface area contributed by atoms with Gasteiger partial charge >= 0.3 is 5.97 Å². The largest absolute Gasteiger partial charge is 0.475 e. The van der Waals surface area contributed by atoms with Crippen molar-refractivity contribution in [2.24, 2.45) is 5.14 Å². The van der Waals surface area contributed by atoms with Gasteiger partial charge in [0.1, 0.15) is 0 Å². The number of tetrazole rings is 1. The van der Waals surface area contributed by atoms with E-state index in [1.807, 2.05) is 24.3 Å². The summed E-state index contributed by atoms with van der Waals surface area (Å²) in [6.45, 7) is 1.90. The van der Waals surface area contributed by atoms with E-state index in [0.717, 1.165) is 51.5 Å². The number of benzene rings is 2. The number of aromatic nitrogens is 6. The summed E-state index contributed by atoms with van der Waals surface area (Å²) in [7, 11) is 0. The van der Waals surface area contributed by atoms with Gasteiger partial charge in [-0.1, -0.05) is 18.2 Å². The summed E-state index contributed by atoms with van der Waals surface area (Å²) >= 11 is 2.90. The van der Waals surface area contributed by atoms with E-state index in [1.165, 1.54) is 0 Å². The van der Waals surface area contributed by atoms with Gasteiger partial charge in [-0.15, -0.1) is 22.0 Å². The quantitative estimate of drug-likeness (QED) is 0.281. The van der Waals surface area contributed by atoms with E-state index < -0.39 is 5.97 Å². The molecule has 2 aromatic heterocycles. The molecule has 1 aliphatic heterocycles. The standard InChI is InChI=1S/C18H16N8O2S2/c19-30-15-12(29-8-6-20-7-8)5-4-9(13(15)16-23-25-26-24-16)10-2-1-3-11-14(10)22-17(21-11)18(27)28/h1-5,8,20H,6-7,19H2,(H,21,22)(H,27,28)(H,23,24,25,26). The molecule has 1 aliphatic rings. The second kappa shape index (κ2) is 7.72. The number of carboxylic acids is 1. The van der Waals surface area contributed by atoms with Gasteiger partial charge in [0.2, 0.25) is 11.6 Å². The fourth-order valence-electron chi connectivity index (χ4n) is 3.36. The predicted octanol–water partition coefficient (Wildman–Crippen LogP) is 2.14. The van der Waals surface area contributed by atoms with Crippen LogP contribution in [0, 0.1) is 0 Å². The van der Waals surface area contributed by atoms with Gasteiger partial charge in [-0.2, -0.15) is 5.21 Å². The Labute approximate surface area is 178 Å². The number of para-hydroxylation sites is 1. The number of nitrogens with zero attached hydrogens (tertiary/aromatic N) is 4. The Morgan fingerprint density at radius 3 is 2.73 bits per heavy atom. The average Bonchev–Trinajstić information content (AvgIpc) is 3.39. The molecule has 1 saturated heterocycles. The zero-order valence-corrected chi connectivity index (χ0v) is 17.0. The van der Waals surface area contributed by atoms with Gasteiger partial charge in [-0.05, 0) is 34.9 Å². The number of H-pyrrole nitrogens is 2. The zero-order chi connectivity index (χ0) is 20.7. The number of aromatic carboxylic acids is 1. The number of rotatable bonds is 6. The van der Waals surface area contributed by atoms with Crippen LogP contribution in [-0.2, 0) is 0 Å². The van der Waals surface area contributed by atoms with Crippen LogP contribution in [0.5, 0.6) is 0 Å². The molecule has 6 N–H and O–H groups in total. The third-order valence-corrected chi connectivity index (χ3v) is 6.90. The molecule has 0 aliphatic carbocycles. The van der Waals surface area contributed by atoms with E-state index in [-0.39, 0.29) is 5.82 Å². The van der Waals surface area contributed by atoms with Crippen molar-refractivity contribution in [2.75, 3.05) is 13.1 Å². The summed E-state index contributed by atoms with van der Waals surface area (Å²) in [6.07, 6.45) is 0. The SMILES string of the molecule is NSc1c(SC2CNC2)ccc(-c2cccc3[nH]c(C(=O)O)nc23)c1-c1nn[nH]n1. The summed E-state index contributed by atoms with van der Waals surface area (Å²) in [5.41, 5.74) is 3.48. The van der Waals surface area contributed by atoms with Crippen molar-refractivity contribution in [3.05, 3.63) is 36.2 Å². The average molecular weight is 441 g/mol. The van der Waals surface area contributed by atoms with Crippen molar-refractivity contribution >= 4 is 40.7 Å². The molecular weight excluding hydrogens is 424 g/mol. The molecular formula is C18H16N8O2S2. The Bertz CT molecular complexity index is 1240. The highest BCUT2D eigenvalue weighted by atomic mass is 32.2. The lowest BCUT2D eigenvalue weighted by Crippen LogP contribution is -2.44. The molecule has 2 aromatic carbocycles. The molecule has 0 bridgehead atoms. The van der Waals surface area contributed by atoms with Gasteiger partial charge in [0.15, 0.2) is 0 Å². The zero-order valence-electron chi connectivity index (χ0n) is 15.4. The topological polar surface area (TPSA) is 158 Å². The minimum Gasteiger partial charge on any atom is -0.475 e. The van der Waals surface area contributed by atoms with Gasteiger partial charge in [-0.3, -0.25) is 5.14 Å². The first-order valence-corrected chi connectivity index (χ1v) is 10.8. The Morgan fingerprint density at radius 1 is 1.20 bits per heavy atom. The molecule has 0 saturated carbocycles. The molecule has 1 fully saturated rings. The van der Waals surface area contributed by atoms with Crippen molar-refractivity contribution in [1.29, 1.82) is 0 Å². The highest BCUT2D eigenvalue weighted by Crippen LogP contribution is 2.44. The fraction of sp³-hybridized carbons (Fsp3) is 0.167. The minimum absolute atomic E-state index is 0.114. The molecule has 0 radical (unpaired) electrons. The second-order valence-corrected chi connectivity index (χ2v) is 8.65. The fourth-order valence-corrected chi connectivity index (χ4v) is 5.27. The minimum atomic E-state index is -1.12. The number of nitrogens with two attached hydrogens (primary N) is 1. The normalized spacial score (nSPS) is 14.2. The number of fused-ring (bicyclic) bond motifs is 1. The van der Waals surface area contributed by atoms with Crippen LogP contribution in [0.3, 0.4) is 0 Å². The Balaban J connectivity index is 1.74. The van der Waals surface area contributed by atoms with E-state index in [1.54, 1.807) is 17.8 Å². The monoisotopic (exact) mass is 440 g/mol. The third-order valence-electron chi connectivity index (χ3n) is 4.85. The molecule has 0 amide bonds. The van der Waals surface area contributed by atoms with Gasteiger partial charge < -0.3 is 15.4 Å². The summed E-state index contributed by atoms with van der Waals surface area (Å²) < 4.78 is 0. The summed E-state index contributed by atoms with van der Waals surface area (Å²) in [4.78, 5) is 20.4. The van der Waals surface area contributed by atoms with Crippen LogP contribution in [0.15, 0.2) is 40.1 Å². The lowest BCUT2D eigenvalue weighted by atomic mass is 9.98. The van der Waals surface area contributed by atoms with Crippen molar-refractivity contribution in [3.8, 4) is 22.5 Å². The molecule has 0 spiro atoms. The number of imidazole rings is 1. The number of carbonyl (C=O) groups is 1. The van der Waals surface area contributed by atoms with E-state index in [4.69, 9.17) is 5.14 Å². The van der Waals surface area contributed by atoms with Gasteiger partial charge in [-0.25, -0.2) is 9.78 Å². The number of hydrogen-bond donors (Lipinski definition) is 5. The van der Waals surface area contributed by atoms with Gasteiger partial charge in [0.05, 0.1) is 11.0 Å². The van der Waals surface area contributed by atoms with Crippen LogP contribution in [0.2, 0.25) is 0 Å².